The van der Waals surface area contributed by atoms with Crippen molar-refractivity contribution in [3.8, 4) is 17.2 Å². The fraction of sp³-hybridized carbons (Fsp3) is 0.333. The molecular formula is C21H24N2O4S. The second-order valence-electron chi connectivity index (χ2n) is 6.53. The number of amides is 1. The van der Waals surface area contributed by atoms with E-state index in [-0.39, 0.29) is 5.91 Å². The molecule has 28 heavy (non-hydrogen) atoms. The van der Waals surface area contributed by atoms with Gasteiger partial charge in [0.1, 0.15) is 0 Å². The summed E-state index contributed by atoms with van der Waals surface area (Å²) in [5.74, 6) is 1.61. The van der Waals surface area contributed by atoms with E-state index in [0.29, 0.717) is 35.2 Å². The molecule has 1 N–H and O–H groups in total. The Bertz CT molecular complexity index is 988. The van der Waals surface area contributed by atoms with Gasteiger partial charge in [0.05, 0.1) is 31.5 Å². The predicted octanol–water partition coefficient (Wildman–Crippen LogP) is 4.51. The van der Waals surface area contributed by atoms with Gasteiger partial charge in [0, 0.05) is 6.42 Å². The molecule has 0 fully saturated rings. The third-order valence-corrected chi connectivity index (χ3v) is 5.36. The molecule has 0 atom stereocenters. The minimum absolute atomic E-state index is 0.0813. The highest BCUT2D eigenvalue weighted by atomic mass is 32.1. The van der Waals surface area contributed by atoms with Gasteiger partial charge in [0.2, 0.25) is 11.7 Å². The Morgan fingerprint density at radius 1 is 1.04 bits per heavy atom. The predicted molar refractivity (Wildman–Crippen MR) is 112 cm³/mol. The molecule has 1 aromatic heterocycles. The van der Waals surface area contributed by atoms with Crippen molar-refractivity contribution >= 4 is 32.6 Å². The summed E-state index contributed by atoms with van der Waals surface area (Å²) in [6, 6.07) is 7.90. The Kier molecular flexibility index (Phi) is 6.04. The molecule has 0 spiro atoms. The summed E-state index contributed by atoms with van der Waals surface area (Å²) in [5, 5.41) is 3.53. The molecular weight excluding hydrogens is 376 g/mol. The van der Waals surface area contributed by atoms with Crippen molar-refractivity contribution < 1.29 is 19.0 Å². The molecule has 3 aromatic rings. The van der Waals surface area contributed by atoms with E-state index in [9.17, 15) is 4.79 Å². The first-order valence-electron chi connectivity index (χ1n) is 8.91. The van der Waals surface area contributed by atoms with Gasteiger partial charge in [-0.25, -0.2) is 4.98 Å². The molecule has 1 heterocycles. The van der Waals surface area contributed by atoms with Crippen LogP contribution in [0.25, 0.3) is 10.2 Å². The van der Waals surface area contributed by atoms with Gasteiger partial charge in [-0.15, -0.1) is 0 Å². The summed E-state index contributed by atoms with van der Waals surface area (Å²) in [7, 11) is 4.71. The summed E-state index contributed by atoms with van der Waals surface area (Å²) in [5.41, 5.74) is 4.18. The van der Waals surface area contributed by atoms with E-state index in [1.807, 2.05) is 19.1 Å². The number of methoxy groups -OCH3 is 3. The van der Waals surface area contributed by atoms with Gasteiger partial charge in [-0.3, -0.25) is 4.79 Å². The van der Waals surface area contributed by atoms with Gasteiger partial charge in [0.15, 0.2) is 16.6 Å². The van der Waals surface area contributed by atoms with Gasteiger partial charge in [-0.05, 0) is 55.2 Å². The molecule has 0 saturated heterocycles. The zero-order valence-electron chi connectivity index (χ0n) is 16.7. The Labute approximate surface area is 168 Å². The number of benzene rings is 2. The van der Waals surface area contributed by atoms with Crippen molar-refractivity contribution in [1.29, 1.82) is 0 Å². The lowest BCUT2D eigenvalue weighted by Crippen LogP contribution is -2.12. The van der Waals surface area contributed by atoms with Crippen LogP contribution in [-0.4, -0.2) is 32.2 Å². The van der Waals surface area contributed by atoms with E-state index in [4.69, 9.17) is 14.2 Å². The second-order valence-corrected chi connectivity index (χ2v) is 7.56. The minimum atomic E-state index is -0.0813. The standard InChI is InChI=1S/C21H24N2O4S/c1-12-8-13(2)19-17(9-12)28-21(23-19)22-18(24)7-6-14-10-15(25-3)20(27-5)16(11-14)26-4/h8-11H,6-7H2,1-5H3,(H,22,23,24). The van der Waals surface area contributed by atoms with E-state index >= 15 is 0 Å². The summed E-state index contributed by atoms with van der Waals surface area (Å²) in [6.07, 6.45) is 0.873. The van der Waals surface area contributed by atoms with Crippen LogP contribution >= 0.6 is 11.3 Å². The monoisotopic (exact) mass is 400 g/mol. The second kappa shape index (κ2) is 8.48. The number of hydrogen-bond donors (Lipinski definition) is 1. The molecule has 6 nitrogen and oxygen atoms in total. The van der Waals surface area contributed by atoms with Gasteiger partial charge in [-0.2, -0.15) is 0 Å². The number of nitrogens with zero attached hydrogens (tertiary/aromatic N) is 1. The average molecular weight is 401 g/mol. The zero-order valence-corrected chi connectivity index (χ0v) is 17.5. The fourth-order valence-corrected chi connectivity index (χ4v) is 4.20. The fourth-order valence-electron chi connectivity index (χ4n) is 3.14. The lowest BCUT2D eigenvalue weighted by atomic mass is 10.1. The van der Waals surface area contributed by atoms with E-state index in [0.717, 1.165) is 21.3 Å². The molecule has 3 rings (SSSR count). The number of thiazole rings is 1. The first-order chi connectivity index (χ1) is 13.4. The van der Waals surface area contributed by atoms with Crippen LogP contribution in [0.1, 0.15) is 23.1 Å². The van der Waals surface area contributed by atoms with Crippen molar-refractivity contribution in [3.63, 3.8) is 0 Å². The van der Waals surface area contributed by atoms with Gasteiger partial charge < -0.3 is 19.5 Å². The number of carbonyl (C=O) groups excluding carboxylic acids is 1. The molecule has 0 unspecified atom stereocenters. The van der Waals surface area contributed by atoms with Crippen molar-refractivity contribution in [2.24, 2.45) is 0 Å². The number of aromatic nitrogens is 1. The van der Waals surface area contributed by atoms with Crippen LogP contribution < -0.4 is 19.5 Å². The van der Waals surface area contributed by atoms with Crippen LogP contribution in [0.5, 0.6) is 17.2 Å². The van der Waals surface area contributed by atoms with Crippen LogP contribution in [0, 0.1) is 13.8 Å². The molecule has 7 heteroatoms. The van der Waals surface area contributed by atoms with Crippen molar-refractivity contribution in [1.82, 2.24) is 4.98 Å². The summed E-state index contributed by atoms with van der Waals surface area (Å²) >= 11 is 1.49. The van der Waals surface area contributed by atoms with Crippen LogP contribution in [-0.2, 0) is 11.2 Å². The number of ether oxygens (including phenoxy) is 3. The van der Waals surface area contributed by atoms with Crippen molar-refractivity contribution in [3.05, 3.63) is 41.0 Å². The number of anilines is 1. The Balaban J connectivity index is 1.70. The van der Waals surface area contributed by atoms with Gasteiger partial charge in [0.25, 0.3) is 0 Å². The van der Waals surface area contributed by atoms with E-state index in [2.05, 4.69) is 29.4 Å². The SMILES string of the molecule is COc1cc(CCC(=O)Nc2nc3c(C)cc(C)cc3s2)cc(OC)c1OC. The number of nitrogens with one attached hydrogen (secondary N) is 1. The molecule has 0 aliphatic rings. The molecule has 0 radical (unpaired) electrons. The molecule has 2 aromatic carbocycles. The highest BCUT2D eigenvalue weighted by Crippen LogP contribution is 2.38. The maximum atomic E-state index is 12.4. The van der Waals surface area contributed by atoms with Gasteiger partial charge in [-0.1, -0.05) is 17.4 Å². The smallest absolute Gasteiger partial charge is 0.226 e. The molecule has 1 amide bonds. The first kappa shape index (κ1) is 19.9. The zero-order chi connectivity index (χ0) is 20.3. The maximum absolute atomic E-state index is 12.4. The molecule has 148 valence electrons. The number of aryl methyl sites for hydroxylation is 3. The van der Waals surface area contributed by atoms with Crippen LogP contribution in [0.2, 0.25) is 0 Å². The van der Waals surface area contributed by atoms with E-state index < -0.39 is 0 Å². The topological polar surface area (TPSA) is 69.7 Å². The van der Waals surface area contributed by atoms with E-state index in [1.165, 1.54) is 16.9 Å². The summed E-state index contributed by atoms with van der Waals surface area (Å²) in [4.78, 5) is 17.0. The number of hydrogen-bond acceptors (Lipinski definition) is 6. The Hall–Kier alpha value is -2.80. The summed E-state index contributed by atoms with van der Waals surface area (Å²) in [6.45, 7) is 4.09. The van der Waals surface area contributed by atoms with Crippen LogP contribution in [0.4, 0.5) is 5.13 Å². The molecule has 0 aliphatic heterocycles. The first-order valence-corrected chi connectivity index (χ1v) is 9.73. The van der Waals surface area contributed by atoms with Gasteiger partial charge >= 0.3 is 0 Å². The normalized spacial score (nSPS) is 10.8. The van der Waals surface area contributed by atoms with Crippen molar-refractivity contribution in [2.45, 2.75) is 26.7 Å². The number of rotatable bonds is 7. The maximum Gasteiger partial charge on any atom is 0.226 e. The van der Waals surface area contributed by atoms with Crippen LogP contribution in [0.3, 0.4) is 0 Å². The number of carbonyl (C=O) groups is 1. The Morgan fingerprint density at radius 2 is 1.71 bits per heavy atom. The third kappa shape index (κ3) is 4.20. The highest BCUT2D eigenvalue weighted by Gasteiger charge is 2.15. The molecule has 0 saturated carbocycles. The molecule has 0 bridgehead atoms. The average Bonchev–Trinajstić information content (AvgIpc) is 3.07. The van der Waals surface area contributed by atoms with E-state index in [1.54, 1.807) is 21.3 Å². The lowest BCUT2D eigenvalue weighted by molar-refractivity contribution is -0.116. The highest BCUT2D eigenvalue weighted by molar-refractivity contribution is 7.22. The number of fused-ring (bicyclic) bond motifs is 1. The quantitative estimate of drug-likeness (QED) is 0.632. The Morgan fingerprint density at radius 3 is 2.32 bits per heavy atom. The lowest BCUT2D eigenvalue weighted by Gasteiger charge is -2.14. The minimum Gasteiger partial charge on any atom is -0.493 e. The van der Waals surface area contributed by atoms with Crippen molar-refractivity contribution in [2.75, 3.05) is 26.6 Å². The molecule has 0 aliphatic carbocycles. The largest absolute Gasteiger partial charge is 0.493 e. The summed E-state index contributed by atoms with van der Waals surface area (Å²) < 4.78 is 17.1. The van der Waals surface area contributed by atoms with Crippen LogP contribution in [0.15, 0.2) is 24.3 Å². The third-order valence-electron chi connectivity index (χ3n) is 4.44.